The van der Waals surface area contributed by atoms with E-state index in [4.69, 9.17) is 16.3 Å². The predicted octanol–water partition coefficient (Wildman–Crippen LogP) is 2.69. The zero-order chi connectivity index (χ0) is 9.64. The van der Waals surface area contributed by atoms with Crippen LogP contribution in [0.1, 0.15) is 24.2 Å². The molecule has 0 bridgehead atoms. The average Bonchev–Trinajstić information content (AvgIpc) is 2.26. The highest BCUT2D eigenvalue weighted by molar-refractivity contribution is 6.31. The third kappa shape index (κ3) is 1.22. The minimum Gasteiger partial charge on any atom is -0.479 e. The van der Waals surface area contributed by atoms with E-state index in [-0.39, 0.29) is 5.78 Å². The van der Waals surface area contributed by atoms with Gasteiger partial charge in [0.1, 0.15) is 5.75 Å². The van der Waals surface area contributed by atoms with Gasteiger partial charge in [-0.25, -0.2) is 0 Å². The first-order chi connectivity index (χ1) is 6.00. The van der Waals surface area contributed by atoms with Crippen LogP contribution >= 0.6 is 11.6 Å². The monoisotopic (exact) mass is 196 g/mol. The summed E-state index contributed by atoms with van der Waals surface area (Å²) in [5, 5.41) is 0.563. The number of ether oxygens (including phenoxy) is 1. The number of hydrogen-bond donors (Lipinski definition) is 0. The molecule has 0 aromatic heterocycles. The first kappa shape index (κ1) is 8.57. The fraction of sp³-hybridized carbons (Fsp3) is 0.300. The maximum absolute atomic E-state index is 11.7. The van der Waals surface area contributed by atoms with E-state index in [9.17, 15) is 4.79 Å². The van der Waals surface area contributed by atoms with E-state index in [1.54, 1.807) is 32.0 Å². The Labute approximate surface area is 81.5 Å². The van der Waals surface area contributed by atoms with Gasteiger partial charge in [-0.15, -0.1) is 0 Å². The van der Waals surface area contributed by atoms with Crippen molar-refractivity contribution in [2.45, 2.75) is 19.4 Å². The molecule has 1 aromatic rings. The van der Waals surface area contributed by atoms with E-state index in [2.05, 4.69) is 0 Å². The van der Waals surface area contributed by atoms with Gasteiger partial charge in [-0.2, -0.15) is 0 Å². The van der Waals surface area contributed by atoms with Crippen molar-refractivity contribution in [2.75, 3.05) is 0 Å². The molecule has 3 heteroatoms. The standard InChI is InChI=1S/C10H9ClO2/c1-10(2)9(12)7-5-6(11)3-4-8(7)13-10/h3-5H,1-2H3. The minimum atomic E-state index is -0.743. The summed E-state index contributed by atoms with van der Waals surface area (Å²) in [6, 6.07) is 5.09. The van der Waals surface area contributed by atoms with E-state index < -0.39 is 5.60 Å². The van der Waals surface area contributed by atoms with Crippen LogP contribution in [0.4, 0.5) is 0 Å². The van der Waals surface area contributed by atoms with Gasteiger partial charge >= 0.3 is 0 Å². The first-order valence-electron chi connectivity index (χ1n) is 4.04. The van der Waals surface area contributed by atoms with Crippen LogP contribution in [0.15, 0.2) is 18.2 Å². The number of carbonyl (C=O) groups is 1. The Kier molecular flexibility index (Phi) is 1.64. The summed E-state index contributed by atoms with van der Waals surface area (Å²) in [7, 11) is 0. The second-order valence-electron chi connectivity index (χ2n) is 3.58. The van der Waals surface area contributed by atoms with Crippen LogP contribution < -0.4 is 4.74 Å². The smallest absolute Gasteiger partial charge is 0.209 e. The Morgan fingerprint density at radius 1 is 1.38 bits per heavy atom. The lowest BCUT2D eigenvalue weighted by Gasteiger charge is -2.14. The predicted molar refractivity (Wildman–Crippen MR) is 50.5 cm³/mol. The van der Waals surface area contributed by atoms with Crippen molar-refractivity contribution in [3.63, 3.8) is 0 Å². The first-order valence-corrected chi connectivity index (χ1v) is 4.42. The van der Waals surface area contributed by atoms with Gasteiger partial charge in [0.05, 0.1) is 5.56 Å². The van der Waals surface area contributed by atoms with Gasteiger partial charge in [0.2, 0.25) is 5.78 Å². The number of rotatable bonds is 0. The quantitative estimate of drug-likeness (QED) is 0.638. The number of Topliss-reactive ketones (excluding diaryl/α,β-unsaturated/α-hetero) is 1. The Morgan fingerprint density at radius 2 is 2.08 bits per heavy atom. The van der Waals surface area contributed by atoms with Gasteiger partial charge in [-0.3, -0.25) is 4.79 Å². The Morgan fingerprint density at radius 3 is 2.77 bits per heavy atom. The molecule has 0 amide bonds. The van der Waals surface area contributed by atoms with Crippen LogP contribution in [0.25, 0.3) is 0 Å². The molecule has 68 valence electrons. The summed E-state index contributed by atoms with van der Waals surface area (Å²) in [5.74, 6) is 0.615. The van der Waals surface area contributed by atoms with Crippen molar-refractivity contribution in [2.24, 2.45) is 0 Å². The van der Waals surface area contributed by atoms with Crippen molar-refractivity contribution in [1.82, 2.24) is 0 Å². The molecule has 2 rings (SSSR count). The zero-order valence-corrected chi connectivity index (χ0v) is 8.18. The van der Waals surface area contributed by atoms with E-state index in [0.717, 1.165) is 0 Å². The normalized spacial score (nSPS) is 18.2. The van der Waals surface area contributed by atoms with Crippen molar-refractivity contribution < 1.29 is 9.53 Å². The Balaban J connectivity index is 2.57. The van der Waals surface area contributed by atoms with Crippen LogP contribution in [0.2, 0.25) is 5.02 Å². The van der Waals surface area contributed by atoms with Gasteiger partial charge in [0, 0.05) is 5.02 Å². The molecule has 1 aliphatic rings. The maximum Gasteiger partial charge on any atom is 0.209 e. The summed E-state index contributed by atoms with van der Waals surface area (Å²) < 4.78 is 5.45. The highest BCUT2D eigenvalue weighted by atomic mass is 35.5. The second kappa shape index (κ2) is 2.48. The minimum absolute atomic E-state index is 0.00926. The molecule has 1 aromatic carbocycles. The molecule has 0 saturated heterocycles. The lowest BCUT2D eigenvalue weighted by atomic mass is 10.0. The maximum atomic E-state index is 11.7. The average molecular weight is 197 g/mol. The number of hydrogen-bond acceptors (Lipinski definition) is 2. The molecule has 0 aliphatic carbocycles. The highest BCUT2D eigenvalue weighted by Gasteiger charge is 2.39. The molecule has 0 radical (unpaired) electrons. The zero-order valence-electron chi connectivity index (χ0n) is 7.43. The third-order valence-electron chi connectivity index (χ3n) is 2.10. The Hall–Kier alpha value is -1.02. The van der Waals surface area contributed by atoms with Crippen LogP contribution in [0.3, 0.4) is 0 Å². The van der Waals surface area contributed by atoms with Gasteiger partial charge in [-0.1, -0.05) is 11.6 Å². The molecule has 0 unspecified atom stereocenters. The number of halogens is 1. The van der Waals surface area contributed by atoms with Crippen LogP contribution in [-0.2, 0) is 0 Å². The fourth-order valence-electron chi connectivity index (χ4n) is 1.41. The van der Waals surface area contributed by atoms with Gasteiger partial charge in [0.15, 0.2) is 5.60 Å². The molecule has 2 nitrogen and oxygen atoms in total. The molecule has 0 fully saturated rings. The van der Waals surface area contributed by atoms with Gasteiger partial charge < -0.3 is 4.74 Å². The second-order valence-corrected chi connectivity index (χ2v) is 4.02. The molecular formula is C10H9ClO2. The topological polar surface area (TPSA) is 26.3 Å². The van der Waals surface area contributed by atoms with E-state index >= 15 is 0 Å². The lowest BCUT2D eigenvalue weighted by molar-refractivity contribution is 0.0684. The van der Waals surface area contributed by atoms with Crippen LogP contribution in [-0.4, -0.2) is 11.4 Å². The van der Waals surface area contributed by atoms with Crippen LogP contribution in [0.5, 0.6) is 5.75 Å². The third-order valence-corrected chi connectivity index (χ3v) is 2.33. The summed E-state index contributed by atoms with van der Waals surface area (Å²) in [4.78, 5) is 11.7. The largest absolute Gasteiger partial charge is 0.479 e. The van der Waals surface area contributed by atoms with Gasteiger partial charge in [-0.05, 0) is 32.0 Å². The van der Waals surface area contributed by atoms with Crippen molar-refractivity contribution >= 4 is 17.4 Å². The van der Waals surface area contributed by atoms with Crippen molar-refractivity contribution in [1.29, 1.82) is 0 Å². The SMILES string of the molecule is CC1(C)Oc2ccc(Cl)cc2C1=O. The van der Waals surface area contributed by atoms with Crippen molar-refractivity contribution in [3.05, 3.63) is 28.8 Å². The number of fused-ring (bicyclic) bond motifs is 1. The van der Waals surface area contributed by atoms with Gasteiger partial charge in [0.25, 0.3) is 0 Å². The summed E-state index contributed by atoms with van der Waals surface area (Å²) in [6.07, 6.45) is 0. The Bertz CT molecular complexity index is 383. The molecule has 1 heterocycles. The highest BCUT2D eigenvalue weighted by Crippen LogP contribution is 2.35. The molecule has 0 N–H and O–H groups in total. The molecular weight excluding hydrogens is 188 g/mol. The lowest BCUT2D eigenvalue weighted by Crippen LogP contribution is -2.31. The van der Waals surface area contributed by atoms with Crippen molar-refractivity contribution in [3.8, 4) is 5.75 Å². The number of carbonyl (C=O) groups excluding carboxylic acids is 1. The summed E-state index contributed by atoms with van der Waals surface area (Å²) in [6.45, 7) is 3.51. The van der Waals surface area contributed by atoms with Crippen LogP contribution in [0, 0.1) is 0 Å². The molecule has 0 saturated carbocycles. The number of benzene rings is 1. The van der Waals surface area contributed by atoms with E-state index in [1.165, 1.54) is 0 Å². The molecule has 0 atom stereocenters. The molecule has 0 spiro atoms. The van der Waals surface area contributed by atoms with E-state index in [1.807, 2.05) is 0 Å². The molecule has 13 heavy (non-hydrogen) atoms. The summed E-state index contributed by atoms with van der Waals surface area (Å²) in [5.41, 5.74) is -0.162. The van der Waals surface area contributed by atoms with E-state index in [0.29, 0.717) is 16.3 Å². The fourth-order valence-corrected chi connectivity index (χ4v) is 1.59. The molecule has 1 aliphatic heterocycles. The summed E-state index contributed by atoms with van der Waals surface area (Å²) >= 11 is 5.77. The number of ketones is 1.